The summed E-state index contributed by atoms with van der Waals surface area (Å²) < 4.78 is 5.81. The Hall–Kier alpha value is -4.42. The minimum Gasteiger partial charge on any atom is -0.487 e. The van der Waals surface area contributed by atoms with E-state index in [0.29, 0.717) is 22.6 Å². The highest BCUT2D eigenvalue weighted by Gasteiger charge is 2.37. The first-order chi connectivity index (χ1) is 19.0. The number of hydrogen-bond donors (Lipinski definition) is 1. The molecule has 2 aliphatic rings. The van der Waals surface area contributed by atoms with Crippen LogP contribution in [0.5, 0.6) is 5.75 Å². The Labute approximate surface area is 231 Å². The monoisotopic (exact) mass is 535 g/mol. The van der Waals surface area contributed by atoms with Gasteiger partial charge in [0, 0.05) is 30.0 Å². The van der Waals surface area contributed by atoms with Gasteiger partial charge in [0.05, 0.1) is 21.7 Å². The Kier molecular flexibility index (Phi) is 6.86. The number of allylic oxidation sites excluding steroid dienone is 2. The van der Waals surface area contributed by atoms with Gasteiger partial charge in [0.2, 0.25) is 0 Å². The van der Waals surface area contributed by atoms with Crippen LogP contribution in [-0.4, -0.2) is 11.1 Å². The van der Waals surface area contributed by atoms with Crippen molar-refractivity contribution in [2.75, 3.05) is 5.32 Å². The van der Waals surface area contributed by atoms with Gasteiger partial charge in [-0.05, 0) is 83.1 Å². The van der Waals surface area contributed by atoms with Gasteiger partial charge < -0.3 is 10.1 Å². The number of nitrogens with zero attached hydrogens (tertiary/aromatic N) is 2. The maximum Gasteiger partial charge on any atom is 0.269 e. The standard InChI is InChI=1S/C32H26ClN3O3/c33-29-18-22(10-17-31(29)39-20-21-8-15-25(16-9-21)36(37)38)19-34-24-13-11-23(12-14-24)32-28-6-3-5-26(28)27-4-1-2-7-30(27)35-32/h1-5,7-19,26,28,32,35H,6,20H2/t26-,28+,32-/m0/s1. The molecule has 0 spiro atoms. The molecule has 0 unspecified atom stereocenters. The number of rotatable bonds is 7. The molecule has 4 aromatic carbocycles. The minimum atomic E-state index is -0.425. The molecule has 1 N–H and O–H groups in total. The Morgan fingerprint density at radius 1 is 1.03 bits per heavy atom. The average Bonchev–Trinajstić information content (AvgIpc) is 3.46. The first kappa shape index (κ1) is 24.9. The molecule has 4 aromatic rings. The molecule has 1 aliphatic heterocycles. The lowest BCUT2D eigenvalue weighted by Gasteiger charge is -2.37. The van der Waals surface area contributed by atoms with Crippen molar-refractivity contribution in [1.82, 2.24) is 0 Å². The molecule has 0 saturated heterocycles. The second-order valence-electron chi connectivity index (χ2n) is 9.81. The summed E-state index contributed by atoms with van der Waals surface area (Å²) in [5.41, 5.74) is 6.46. The zero-order chi connectivity index (χ0) is 26.8. The van der Waals surface area contributed by atoms with E-state index in [9.17, 15) is 10.1 Å². The second-order valence-corrected chi connectivity index (χ2v) is 10.2. The second kappa shape index (κ2) is 10.8. The van der Waals surface area contributed by atoms with Crippen molar-refractivity contribution in [3.05, 3.63) is 141 Å². The molecule has 0 aromatic heterocycles. The number of non-ortho nitro benzene ring substituents is 1. The van der Waals surface area contributed by atoms with E-state index in [1.807, 2.05) is 6.07 Å². The van der Waals surface area contributed by atoms with Crippen molar-refractivity contribution in [1.29, 1.82) is 0 Å². The lowest BCUT2D eigenvalue weighted by Crippen LogP contribution is -2.28. The van der Waals surface area contributed by atoms with Crippen molar-refractivity contribution in [3.63, 3.8) is 0 Å². The maximum absolute atomic E-state index is 10.8. The van der Waals surface area contributed by atoms with E-state index in [1.54, 1.807) is 30.5 Å². The summed E-state index contributed by atoms with van der Waals surface area (Å²) >= 11 is 6.44. The summed E-state index contributed by atoms with van der Waals surface area (Å²) in [6.45, 7) is 0.261. The van der Waals surface area contributed by atoms with E-state index in [2.05, 4.69) is 71.0 Å². The maximum atomic E-state index is 10.8. The van der Waals surface area contributed by atoms with Gasteiger partial charge in [-0.25, -0.2) is 0 Å². The summed E-state index contributed by atoms with van der Waals surface area (Å²) in [5.74, 6) is 1.51. The van der Waals surface area contributed by atoms with Gasteiger partial charge in [-0.3, -0.25) is 15.1 Å². The Morgan fingerprint density at radius 3 is 2.59 bits per heavy atom. The molecular formula is C32H26ClN3O3. The van der Waals surface area contributed by atoms with Gasteiger partial charge in [0.1, 0.15) is 12.4 Å². The minimum absolute atomic E-state index is 0.0474. The molecule has 0 radical (unpaired) electrons. The quantitative estimate of drug-likeness (QED) is 0.111. The Bertz CT molecular complexity index is 1560. The predicted octanol–water partition coefficient (Wildman–Crippen LogP) is 8.40. The van der Waals surface area contributed by atoms with Crippen LogP contribution >= 0.6 is 11.6 Å². The molecule has 1 aliphatic carbocycles. The smallest absolute Gasteiger partial charge is 0.269 e. The normalized spacial score (nSPS) is 19.4. The molecule has 0 fully saturated rings. The number of anilines is 1. The lowest BCUT2D eigenvalue weighted by atomic mass is 9.77. The fraction of sp³-hybridized carbons (Fsp3) is 0.156. The average molecular weight is 536 g/mol. The van der Waals surface area contributed by atoms with Crippen LogP contribution in [0.3, 0.4) is 0 Å². The van der Waals surface area contributed by atoms with E-state index in [-0.39, 0.29) is 18.3 Å². The topological polar surface area (TPSA) is 76.8 Å². The van der Waals surface area contributed by atoms with Crippen molar-refractivity contribution >= 4 is 34.9 Å². The molecule has 6 nitrogen and oxygen atoms in total. The van der Waals surface area contributed by atoms with Crippen LogP contribution < -0.4 is 10.1 Å². The third-order valence-corrected chi connectivity index (χ3v) is 7.68. The number of benzene rings is 4. The molecule has 3 atom stereocenters. The number of hydrogen-bond acceptors (Lipinski definition) is 5. The molecule has 0 saturated carbocycles. The highest BCUT2D eigenvalue weighted by Crippen LogP contribution is 2.49. The van der Waals surface area contributed by atoms with Crippen molar-refractivity contribution < 1.29 is 9.66 Å². The molecule has 0 bridgehead atoms. The largest absolute Gasteiger partial charge is 0.487 e. The predicted molar refractivity (Wildman–Crippen MR) is 155 cm³/mol. The SMILES string of the molecule is O=[N+]([O-])c1ccc(COc2ccc(C=Nc3ccc([C@@H]4Nc5ccccc5[C@@H]5C=CC[C@H]54)cc3)cc2Cl)cc1. The van der Waals surface area contributed by atoms with Gasteiger partial charge in [0.25, 0.3) is 5.69 Å². The number of fused-ring (bicyclic) bond motifs is 3. The van der Waals surface area contributed by atoms with Gasteiger partial charge in [-0.2, -0.15) is 0 Å². The molecule has 1 heterocycles. The van der Waals surface area contributed by atoms with Crippen LogP contribution in [0, 0.1) is 16.0 Å². The number of nitro benzene ring substituents is 1. The number of nitro groups is 1. The summed E-state index contributed by atoms with van der Waals surface area (Å²) in [6.07, 6.45) is 7.52. The zero-order valence-electron chi connectivity index (χ0n) is 21.0. The third kappa shape index (κ3) is 5.29. The number of ether oxygens (including phenoxy) is 1. The number of halogens is 1. The summed E-state index contributed by atoms with van der Waals surface area (Å²) in [6, 6.07) is 29.0. The first-order valence-electron chi connectivity index (χ1n) is 12.9. The van der Waals surface area contributed by atoms with Crippen LogP contribution in [0.1, 0.15) is 40.6 Å². The molecule has 6 rings (SSSR count). The molecule has 7 heteroatoms. The van der Waals surface area contributed by atoms with Crippen molar-refractivity contribution in [2.24, 2.45) is 10.9 Å². The van der Waals surface area contributed by atoms with Crippen LogP contribution in [0.4, 0.5) is 17.1 Å². The van der Waals surface area contributed by atoms with Gasteiger partial charge in [-0.15, -0.1) is 0 Å². The van der Waals surface area contributed by atoms with Crippen molar-refractivity contribution in [3.8, 4) is 5.75 Å². The third-order valence-electron chi connectivity index (χ3n) is 7.38. The van der Waals surface area contributed by atoms with E-state index in [0.717, 1.165) is 23.2 Å². The molecule has 194 valence electrons. The Morgan fingerprint density at radius 2 is 1.82 bits per heavy atom. The number of aliphatic imine (C=N–C) groups is 1. The molecule has 39 heavy (non-hydrogen) atoms. The van der Waals surface area contributed by atoms with Crippen LogP contribution in [-0.2, 0) is 6.61 Å². The Balaban J connectivity index is 1.10. The fourth-order valence-corrected chi connectivity index (χ4v) is 5.62. The van der Waals surface area contributed by atoms with Gasteiger partial charge >= 0.3 is 0 Å². The van der Waals surface area contributed by atoms with Gasteiger partial charge in [0.15, 0.2) is 0 Å². The first-order valence-corrected chi connectivity index (χ1v) is 13.2. The highest BCUT2D eigenvalue weighted by molar-refractivity contribution is 6.32. The van der Waals surface area contributed by atoms with Crippen LogP contribution in [0.15, 0.2) is 108 Å². The molecular weight excluding hydrogens is 510 g/mol. The zero-order valence-corrected chi connectivity index (χ0v) is 21.8. The van der Waals surface area contributed by atoms with Crippen LogP contribution in [0.25, 0.3) is 0 Å². The summed E-state index contributed by atoms with van der Waals surface area (Å²) in [5, 5.41) is 15.0. The highest BCUT2D eigenvalue weighted by atomic mass is 35.5. The van der Waals surface area contributed by atoms with Crippen LogP contribution in [0.2, 0.25) is 5.02 Å². The number of nitrogens with one attached hydrogen (secondary N) is 1. The van der Waals surface area contributed by atoms with Gasteiger partial charge in [-0.1, -0.05) is 54.1 Å². The fourth-order valence-electron chi connectivity index (χ4n) is 5.38. The molecule has 0 amide bonds. The summed E-state index contributed by atoms with van der Waals surface area (Å²) in [4.78, 5) is 15.0. The van der Waals surface area contributed by atoms with E-state index >= 15 is 0 Å². The van der Waals surface area contributed by atoms with E-state index in [1.165, 1.54) is 28.9 Å². The van der Waals surface area contributed by atoms with E-state index in [4.69, 9.17) is 16.3 Å². The van der Waals surface area contributed by atoms with E-state index < -0.39 is 4.92 Å². The lowest BCUT2D eigenvalue weighted by molar-refractivity contribution is -0.384. The number of para-hydroxylation sites is 1. The summed E-state index contributed by atoms with van der Waals surface area (Å²) in [7, 11) is 0. The van der Waals surface area contributed by atoms with Crippen molar-refractivity contribution in [2.45, 2.75) is 25.0 Å².